The lowest BCUT2D eigenvalue weighted by molar-refractivity contribution is 0.0504. The van der Waals surface area contributed by atoms with Gasteiger partial charge in [-0.15, -0.1) is 0 Å². The minimum Gasteiger partial charge on any atom is -0.339 e. The van der Waals surface area contributed by atoms with E-state index in [0.29, 0.717) is 28.7 Å². The van der Waals surface area contributed by atoms with Crippen molar-refractivity contribution in [1.29, 1.82) is 0 Å². The van der Waals surface area contributed by atoms with Crippen LogP contribution < -0.4 is 0 Å². The maximum atomic E-state index is 12.9. The zero-order valence-electron chi connectivity index (χ0n) is 15.1. The Kier molecular flexibility index (Phi) is 4.30. The number of halogens is 1. The molecule has 1 unspecified atom stereocenters. The van der Waals surface area contributed by atoms with E-state index in [1.807, 2.05) is 5.38 Å². The number of sulfone groups is 1. The van der Waals surface area contributed by atoms with Crippen LogP contribution in [0.15, 0.2) is 45.6 Å². The van der Waals surface area contributed by atoms with Crippen molar-refractivity contribution in [1.82, 2.24) is 15.0 Å². The van der Waals surface area contributed by atoms with Crippen molar-refractivity contribution >= 4 is 38.7 Å². The van der Waals surface area contributed by atoms with Gasteiger partial charge in [0.15, 0.2) is 9.84 Å². The molecule has 1 aromatic carbocycles. The van der Waals surface area contributed by atoms with Crippen molar-refractivity contribution < 1.29 is 17.7 Å². The van der Waals surface area contributed by atoms with Crippen molar-refractivity contribution in [2.24, 2.45) is 0 Å². The normalized spacial score (nSPS) is 22.0. The van der Waals surface area contributed by atoms with E-state index in [0.717, 1.165) is 5.56 Å². The van der Waals surface area contributed by atoms with E-state index in [4.69, 9.17) is 16.1 Å². The van der Waals surface area contributed by atoms with E-state index in [-0.39, 0.29) is 24.7 Å². The Bertz CT molecular complexity index is 1170. The molecule has 1 atom stereocenters. The van der Waals surface area contributed by atoms with E-state index in [2.05, 4.69) is 10.1 Å². The van der Waals surface area contributed by atoms with Gasteiger partial charge in [-0.3, -0.25) is 4.79 Å². The standard InChI is InChI=1S/C19H16ClN3O4S2/c20-14-3-1-12(2-4-14)16-21-17(27-22-16)15-6-8-29(25,26)19(15)10-23(11-19)18(24)13-5-7-28-9-13/h1-5,7,9,15H,6,8,10-11H2. The summed E-state index contributed by atoms with van der Waals surface area (Å²) < 4.78 is 30.2. The van der Waals surface area contributed by atoms with Crippen LogP contribution in [0.5, 0.6) is 0 Å². The highest BCUT2D eigenvalue weighted by molar-refractivity contribution is 7.93. The van der Waals surface area contributed by atoms with Crippen molar-refractivity contribution in [3.05, 3.63) is 57.6 Å². The molecule has 7 nitrogen and oxygen atoms in total. The Morgan fingerprint density at radius 1 is 1.24 bits per heavy atom. The van der Waals surface area contributed by atoms with Crippen molar-refractivity contribution in [3.63, 3.8) is 0 Å². The average Bonchev–Trinajstić information content (AvgIpc) is 3.39. The molecule has 2 aliphatic heterocycles. The van der Waals surface area contributed by atoms with E-state index >= 15 is 0 Å². The molecule has 3 aromatic rings. The molecule has 0 bridgehead atoms. The second-order valence-corrected chi connectivity index (χ2v) is 11.0. The Morgan fingerprint density at radius 3 is 2.69 bits per heavy atom. The molecule has 1 spiro atoms. The number of hydrogen-bond donors (Lipinski definition) is 0. The molecule has 10 heteroatoms. The fourth-order valence-electron chi connectivity index (χ4n) is 4.13. The summed E-state index contributed by atoms with van der Waals surface area (Å²) in [6.45, 7) is 0.292. The van der Waals surface area contributed by atoms with Crippen LogP contribution in [-0.2, 0) is 9.84 Å². The van der Waals surface area contributed by atoms with Gasteiger partial charge in [0.05, 0.1) is 17.2 Å². The third kappa shape index (κ3) is 2.91. The van der Waals surface area contributed by atoms with E-state index in [1.165, 1.54) is 11.3 Å². The zero-order chi connectivity index (χ0) is 20.2. The molecule has 0 N–H and O–H groups in total. The zero-order valence-corrected chi connectivity index (χ0v) is 17.5. The molecule has 0 aliphatic carbocycles. The number of aromatic nitrogens is 2. The molecule has 2 saturated heterocycles. The van der Waals surface area contributed by atoms with Crippen LogP contribution in [0.3, 0.4) is 0 Å². The summed E-state index contributed by atoms with van der Waals surface area (Å²) in [6, 6.07) is 8.77. The number of nitrogens with zero attached hydrogens (tertiary/aromatic N) is 3. The molecule has 2 aromatic heterocycles. The van der Waals surface area contributed by atoms with E-state index in [9.17, 15) is 13.2 Å². The highest BCUT2D eigenvalue weighted by Gasteiger charge is 2.64. The van der Waals surface area contributed by atoms with Crippen LogP contribution >= 0.6 is 22.9 Å². The van der Waals surface area contributed by atoms with Crippen molar-refractivity contribution in [2.75, 3.05) is 18.8 Å². The number of thiophene rings is 1. The van der Waals surface area contributed by atoms with Gasteiger partial charge in [0.25, 0.3) is 5.91 Å². The third-order valence-electron chi connectivity index (χ3n) is 5.74. The highest BCUT2D eigenvalue weighted by atomic mass is 35.5. The maximum absolute atomic E-state index is 12.9. The van der Waals surface area contributed by atoms with Crippen LogP contribution in [-0.4, -0.2) is 53.0 Å². The third-order valence-corrected chi connectivity index (χ3v) is 9.23. The number of amides is 1. The summed E-state index contributed by atoms with van der Waals surface area (Å²) in [5.41, 5.74) is 1.32. The molecule has 4 heterocycles. The van der Waals surface area contributed by atoms with Crippen LogP contribution in [0.2, 0.25) is 5.02 Å². The molecular formula is C19H16ClN3O4S2. The lowest BCUT2D eigenvalue weighted by Gasteiger charge is -2.48. The number of likely N-dealkylation sites (tertiary alicyclic amines) is 1. The second kappa shape index (κ2) is 6.65. The molecule has 0 saturated carbocycles. The minimum atomic E-state index is -3.38. The first-order valence-electron chi connectivity index (χ1n) is 9.03. The van der Waals surface area contributed by atoms with Gasteiger partial charge in [-0.2, -0.15) is 16.3 Å². The van der Waals surface area contributed by atoms with Gasteiger partial charge in [-0.25, -0.2) is 8.42 Å². The van der Waals surface area contributed by atoms with Gasteiger partial charge in [0, 0.05) is 29.1 Å². The van der Waals surface area contributed by atoms with Gasteiger partial charge >= 0.3 is 0 Å². The van der Waals surface area contributed by atoms with E-state index < -0.39 is 20.5 Å². The summed E-state index contributed by atoms with van der Waals surface area (Å²) in [7, 11) is -3.38. The summed E-state index contributed by atoms with van der Waals surface area (Å²) in [4.78, 5) is 18.6. The topological polar surface area (TPSA) is 93.4 Å². The van der Waals surface area contributed by atoms with Crippen LogP contribution in [0.1, 0.15) is 28.6 Å². The largest absolute Gasteiger partial charge is 0.339 e. The fourth-order valence-corrected chi connectivity index (χ4v) is 7.19. The molecule has 1 amide bonds. The Hall–Kier alpha value is -2.23. The van der Waals surface area contributed by atoms with Gasteiger partial charge in [0.1, 0.15) is 4.75 Å². The van der Waals surface area contributed by atoms with Gasteiger partial charge in [-0.05, 0) is 42.1 Å². The highest BCUT2D eigenvalue weighted by Crippen LogP contribution is 2.50. The van der Waals surface area contributed by atoms with Crippen molar-refractivity contribution in [3.8, 4) is 11.4 Å². The Balaban J connectivity index is 1.42. The monoisotopic (exact) mass is 449 g/mol. The second-order valence-electron chi connectivity index (χ2n) is 7.36. The van der Waals surface area contributed by atoms with Crippen LogP contribution in [0, 0.1) is 0 Å². The molecule has 29 heavy (non-hydrogen) atoms. The summed E-state index contributed by atoms with van der Waals surface area (Å²) in [6.07, 6.45) is 0.408. The predicted octanol–water partition coefficient (Wildman–Crippen LogP) is 3.25. The number of carbonyl (C=O) groups excluding carboxylic acids is 1. The average molecular weight is 450 g/mol. The summed E-state index contributed by atoms with van der Waals surface area (Å²) >= 11 is 7.35. The van der Waals surface area contributed by atoms with Crippen molar-refractivity contribution in [2.45, 2.75) is 17.1 Å². The Morgan fingerprint density at radius 2 is 2.00 bits per heavy atom. The quantitative estimate of drug-likeness (QED) is 0.609. The molecule has 2 aliphatic rings. The van der Waals surface area contributed by atoms with Crippen LogP contribution in [0.25, 0.3) is 11.4 Å². The number of rotatable bonds is 3. The first-order chi connectivity index (χ1) is 13.9. The van der Waals surface area contributed by atoms with Gasteiger partial charge in [-0.1, -0.05) is 16.8 Å². The first kappa shape index (κ1) is 18.8. The predicted molar refractivity (Wildman–Crippen MR) is 109 cm³/mol. The number of hydrogen-bond acceptors (Lipinski definition) is 7. The fraction of sp³-hybridized carbons (Fsp3) is 0.316. The summed E-state index contributed by atoms with van der Waals surface area (Å²) in [5, 5.41) is 8.22. The maximum Gasteiger partial charge on any atom is 0.254 e. The number of benzene rings is 1. The lowest BCUT2D eigenvalue weighted by atomic mass is 9.82. The molecule has 2 fully saturated rings. The first-order valence-corrected chi connectivity index (χ1v) is 12.0. The smallest absolute Gasteiger partial charge is 0.254 e. The van der Waals surface area contributed by atoms with Gasteiger partial charge in [0.2, 0.25) is 11.7 Å². The minimum absolute atomic E-state index is 0.0524. The Labute approximate surface area is 176 Å². The summed E-state index contributed by atoms with van der Waals surface area (Å²) in [5.74, 6) is 0.176. The molecule has 0 radical (unpaired) electrons. The van der Waals surface area contributed by atoms with Crippen LogP contribution in [0.4, 0.5) is 0 Å². The lowest BCUT2D eigenvalue weighted by Crippen LogP contribution is -2.67. The number of carbonyl (C=O) groups is 1. The molecule has 5 rings (SSSR count). The SMILES string of the molecule is O=C(c1ccsc1)N1CC2(C1)C(c1nc(-c3ccc(Cl)cc3)no1)CCS2(=O)=O. The van der Waals surface area contributed by atoms with E-state index in [1.54, 1.807) is 40.6 Å². The molecule has 150 valence electrons. The van der Waals surface area contributed by atoms with Gasteiger partial charge < -0.3 is 9.42 Å². The molecular weight excluding hydrogens is 434 g/mol.